The molecule has 0 radical (unpaired) electrons. The standard InChI is InChI=1S/C25H33N3O4S/c1-8-27(9-2)20(29)14-18-15-33-24-26-16(3)21(23(30)32-25(4,5)6)22(28(18)24)17-10-12-19(31-7)13-11-17/h10-13,15,22H,8-9,14H2,1-7H3. The van der Waals surface area contributed by atoms with Crippen molar-refractivity contribution in [3.8, 4) is 5.75 Å². The lowest BCUT2D eigenvalue weighted by atomic mass is 9.93. The van der Waals surface area contributed by atoms with Gasteiger partial charge in [0.25, 0.3) is 0 Å². The third-order valence-electron chi connectivity index (χ3n) is 5.50. The summed E-state index contributed by atoms with van der Waals surface area (Å²) in [5.41, 5.74) is 2.17. The summed E-state index contributed by atoms with van der Waals surface area (Å²) in [5.74, 6) is 0.368. The second kappa shape index (κ2) is 10.0. The van der Waals surface area contributed by atoms with E-state index in [0.29, 0.717) is 24.4 Å². The predicted octanol–water partition coefficient (Wildman–Crippen LogP) is 4.87. The highest BCUT2D eigenvalue weighted by atomic mass is 32.2. The van der Waals surface area contributed by atoms with Crippen LogP contribution < -0.4 is 4.74 Å². The molecule has 178 valence electrons. The molecule has 0 fully saturated rings. The molecule has 0 N–H and O–H groups in total. The van der Waals surface area contributed by atoms with Gasteiger partial charge in [0, 0.05) is 18.8 Å². The zero-order chi connectivity index (χ0) is 24.3. The molecule has 1 atom stereocenters. The smallest absolute Gasteiger partial charge is 0.338 e. The van der Waals surface area contributed by atoms with Gasteiger partial charge in [0.15, 0.2) is 5.17 Å². The number of methoxy groups -OCH3 is 1. The Morgan fingerprint density at radius 1 is 1.15 bits per heavy atom. The number of hydrogen-bond acceptors (Lipinski definition) is 7. The van der Waals surface area contributed by atoms with Crippen molar-refractivity contribution in [2.45, 2.75) is 59.6 Å². The number of allylic oxidation sites excluding steroid dienone is 1. The lowest BCUT2D eigenvalue weighted by Gasteiger charge is -2.37. The van der Waals surface area contributed by atoms with E-state index >= 15 is 0 Å². The summed E-state index contributed by atoms with van der Waals surface area (Å²) < 4.78 is 11.1. The van der Waals surface area contributed by atoms with Crippen molar-refractivity contribution in [2.24, 2.45) is 4.99 Å². The average molecular weight is 472 g/mol. The van der Waals surface area contributed by atoms with Crippen LogP contribution in [0.5, 0.6) is 5.75 Å². The molecule has 0 saturated heterocycles. The van der Waals surface area contributed by atoms with Crippen LogP contribution in [0.15, 0.2) is 51.6 Å². The van der Waals surface area contributed by atoms with Crippen LogP contribution in [-0.4, -0.2) is 52.6 Å². The Bertz CT molecular complexity index is 1000. The number of carbonyl (C=O) groups is 2. The lowest BCUT2D eigenvalue weighted by Crippen LogP contribution is -2.39. The second-order valence-electron chi connectivity index (χ2n) is 8.91. The minimum atomic E-state index is -0.643. The maximum atomic E-state index is 13.3. The molecule has 3 rings (SSSR count). The second-order valence-corrected chi connectivity index (χ2v) is 9.75. The van der Waals surface area contributed by atoms with E-state index in [1.54, 1.807) is 7.11 Å². The molecule has 2 aliphatic rings. The van der Waals surface area contributed by atoms with Gasteiger partial charge in [0.2, 0.25) is 5.91 Å². The van der Waals surface area contributed by atoms with Gasteiger partial charge in [0.05, 0.1) is 30.8 Å². The Labute approximate surface area is 200 Å². The zero-order valence-electron chi connectivity index (χ0n) is 20.5. The van der Waals surface area contributed by atoms with Crippen LogP contribution in [0.2, 0.25) is 0 Å². The third kappa shape index (κ3) is 5.43. The van der Waals surface area contributed by atoms with Crippen LogP contribution in [0.3, 0.4) is 0 Å². The fourth-order valence-corrected chi connectivity index (χ4v) is 4.87. The van der Waals surface area contributed by atoms with Crippen molar-refractivity contribution in [1.82, 2.24) is 9.80 Å². The monoisotopic (exact) mass is 471 g/mol. The van der Waals surface area contributed by atoms with E-state index in [2.05, 4.69) is 0 Å². The number of hydrogen-bond donors (Lipinski definition) is 0. The maximum Gasteiger partial charge on any atom is 0.338 e. The third-order valence-corrected chi connectivity index (χ3v) is 6.39. The molecule has 1 aromatic carbocycles. The number of amidine groups is 1. The van der Waals surface area contributed by atoms with Crippen molar-refractivity contribution >= 4 is 28.8 Å². The number of amides is 1. The Morgan fingerprint density at radius 2 is 1.79 bits per heavy atom. The van der Waals surface area contributed by atoms with E-state index in [-0.39, 0.29) is 12.3 Å². The van der Waals surface area contributed by atoms with Gasteiger partial charge in [-0.05, 0) is 64.6 Å². The minimum absolute atomic E-state index is 0.0478. The summed E-state index contributed by atoms with van der Waals surface area (Å²) in [4.78, 5) is 34.8. The first-order valence-electron chi connectivity index (χ1n) is 11.2. The summed E-state index contributed by atoms with van der Waals surface area (Å²) in [6.45, 7) is 12.6. The SMILES string of the molecule is CCN(CC)C(=O)CC1=CSC2=NC(C)=C(C(=O)OC(C)(C)C)C(c3ccc(OC)cc3)N12. The highest BCUT2D eigenvalue weighted by Gasteiger charge is 2.42. The lowest BCUT2D eigenvalue weighted by molar-refractivity contribution is -0.150. The number of ether oxygens (including phenoxy) is 2. The summed E-state index contributed by atoms with van der Waals surface area (Å²) in [6.07, 6.45) is 0.237. The number of benzene rings is 1. The molecule has 1 aromatic rings. The van der Waals surface area contributed by atoms with Gasteiger partial charge in [-0.15, -0.1) is 0 Å². The van der Waals surface area contributed by atoms with Crippen LogP contribution >= 0.6 is 11.8 Å². The van der Waals surface area contributed by atoms with E-state index < -0.39 is 17.6 Å². The van der Waals surface area contributed by atoms with E-state index in [4.69, 9.17) is 14.5 Å². The molecule has 2 aliphatic heterocycles. The Hall–Kier alpha value is -2.74. The number of nitrogens with zero attached hydrogens (tertiary/aromatic N) is 3. The fraction of sp³-hybridized carbons (Fsp3) is 0.480. The van der Waals surface area contributed by atoms with E-state index in [9.17, 15) is 9.59 Å². The molecule has 2 heterocycles. The minimum Gasteiger partial charge on any atom is -0.497 e. The highest BCUT2D eigenvalue weighted by Crippen LogP contribution is 2.45. The molecule has 1 amide bonds. The predicted molar refractivity (Wildman–Crippen MR) is 132 cm³/mol. The highest BCUT2D eigenvalue weighted by molar-refractivity contribution is 8.16. The van der Waals surface area contributed by atoms with Crippen molar-refractivity contribution in [3.63, 3.8) is 0 Å². The van der Waals surface area contributed by atoms with Crippen molar-refractivity contribution in [2.75, 3.05) is 20.2 Å². The number of carbonyl (C=O) groups excluding carboxylic acids is 2. The number of esters is 1. The molecular formula is C25H33N3O4S. The van der Waals surface area contributed by atoms with Crippen LogP contribution in [0.4, 0.5) is 0 Å². The molecular weight excluding hydrogens is 438 g/mol. The van der Waals surface area contributed by atoms with Crippen molar-refractivity contribution in [1.29, 1.82) is 0 Å². The molecule has 0 aliphatic carbocycles. The molecule has 33 heavy (non-hydrogen) atoms. The topological polar surface area (TPSA) is 71.4 Å². The molecule has 7 nitrogen and oxygen atoms in total. The van der Waals surface area contributed by atoms with Crippen LogP contribution in [0.1, 0.15) is 59.6 Å². The molecule has 0 aromatic heterocycles. The number of thioether (sulfide) groups is 1. The zero-order valence-corrected chi connectivity index (χ0v) is 21.3. The average Bonchev–Trinajstić information content (AvgIpc) is 3.14. The summed E-state index contributed by atoms with van der Waals surface area (Å²) in [6, 6.07) is 7.17. The molecule has 1 unspecified atom stereocenters. The fourth-order valence-electron chi connectivity index (χ4n) is 3.91. The van der Waals surface area contributed by atoms with Crippen molar-refractivity contribution < 1.29 is 19.1 Å². The first kappa shape index (κ1) is 24.9. The Balaban J connectivity index is 2.05. The largest absolute Gasteiger partial charge is 0.497 e. The molecule has 8 heteroatoms. The van der Waals surface area contributed by atoms with Gasteiger partial charge < -0.3 is 19.3 Å². The molecule has 0 spiro atoms. The van der Waals surface area contributed by atoms with Crippen LogP contribution in [0.25, 0.3) is 0 Å². The molecule has 0 bridgehead atoms. The van der Waals surface area contributed by atoms with E-state index in [1.165, 1.54) is 11.8 Å². The quantitative estimate of drug-likeness (QED) is 0.529. The molecule has 0 saturated carbocycles. The van der Waals surface area contributed by atoms with Gasteiger partial charge >= 0.3 is 5.97 Å². The summed E-state index contributed by atoms with van der Waals surface area (Å²) in [7, 11) is 1.62. The van der Waals surface area contributed by atoms with Gasteiger partial charge in [-0.25, -0.2) is 9.79 Å². The van der Waals surface area contributed by atoms with Crippen molar-refractivity contribution in [3.05, 3.63) is 52.2 Å². The van der Waals surface area contributed by atoms with E-state index in [0.717, 1.165) is 22.2 Å². The summed E-state index contributed by atoms with van der Waals surface area (Å²) in [5, 5.41) is 2.71. The number of rotatable bonds is 7. The Kier molecular flexibility index (Phi) is 7.57. The van der Waals surface area contributed by atoms with Crippen LogP contribution in [-0.2, 0) is 14.3 Å². The van der Waals surface area contributed by atoms with Gasteiger partial charge in [-0.2, -0.15) is 0 Å². The van der Waals surface area contributed by atoms with Gasteiger partial charge in [-0.3, -0.25) is 4.79 Å². The van der Waals surface area contributed by atoms with E-state index in [1.807, 2.05) is 81.0 Å². The number of aliphatic imine (C=N–C) groups is 1. The van der Waals surface area contributed by atoms with Gasteiger partial charge in [-0.1, -0.05) is 23.9 Å². The summed E-state index contributed by atoms with van der Waals surface area (Å²) >= 11 is 1.47. The maximum absolute atomic E-state index is 13.3. The normalized spacial score (nSPS) is 17.9. The first-order valence-corrected chi connectivity index (χ1v) is 12.1. The van der Waals surface area contributed by atoms with Gasteiger partial charge in [0.1, 0.15) is 11.4 Å². The van der Waals surface area contributed by atoms with Crippen LogP contribution in [0, 0.1) is 0 Å². The number of fused-ring (bicyclic) bond motifs is 1. The first-order chi connectivity index (χ1) is 15.6. The Morgan fingerprint density at radius 3 is 2.33 bits per heavy atom.